The van der Waals surface area contributed by atoms with E-state index in [0.717, 1.165) is 6.42 Å². The number of esters is 1. The Morgan fingerprint density at radius 1 is 1.56 bits per heavy atom. The molecule has 16 heavy (non-hydrogen) atoms. The monoisotopic (exact) mass is 219 g/mol. The minimum absolute atomic E-state index is 0.162. The van der Waals surface area contributed by atoms with Gasteiger partial charge in [0.25, 0.3) is 0 Å². The minimum Gasteiger partial charge on any atom is -0.465 e. The third-order valence-corrected chi connectivity index (χ3v) is 3.05. The van der Waals surface area contributed by atoms with Gasteiger partial charge in [-0.15, -0.1) is 0 Å². The second kappa shape index (κ2) is 4.41. The molecule has 0 N–H and O–H groups in total. The molecular formula is C11H13N3O2. The Morgan fingerprint density at radius 3 is 3.00 bits per heavy atom. The van der Waals surface area contributed by atoms with E-state index < -0.39 is 0 Å². The van der Waals surface area contributed by atoms with Crippen molar-refractivity contribution < 1.29 is 9.53 Å². The summed E-state index contributed by atoms with van der Waals surface area (Å²) in [6.45, 7) is 0.634. The van der Waals surface area contributed by atoms with Crippen LogP contribution in [0.2, 0.25) is 0 Å². The van der Waals surface area contributed by atoms with Crippen molar-refractivity contribution in [2.24, 2.45) is 16.4 Å². The molecule has 0 aliphatic heterocycles. The number of rotatable bonds is 5. The van der Waals surface area contributed by atoms with Crippen LogP contribution in [0.3, 0.4) is 0 Å². The highest BCUT2D eigenvalue weighted by molar-refractivity contribution is 5.69. The molecule has 1 unspecified atom stereocenters. The van der Waals surface area contributed by atoms with Crippen LogP contribution in [0.1, 0.15) is 12.8 Å². The normalized spacial score (nSPS) is 23.1. The molecule has 0 heterocycles. The van der Waals surface area contributed by atoms with Crippen LogP contribution in [0.25, 0.3) is 10.4 Å². The van der Waals surface area contributed by atoms with E-state index in [4.69, 9.17) is 10.3 Å². The summed E-state index contributed by atoms with van der Waals surface area (Å²) in [5.74, 6) is 0.131. The fourth-order valence-corrected chi connectivity index (χ4v) is 1.97. The summed E-state index contributed by atoms with van der Waals surface area (Å²) in [5, 5.41) is 3.28. The van der Waals surface area contributed by atoms with Gasteiger partial charge in [0, 0.05) is 22.8 Å². The van der Waals surface area contributed by atoms with E-state index in [-0.39, 0.29) is 24.3 Å². The molecule has 0 aromatic heterocycles. The van der Waals surface area contributed by atoms with Crippen LogP contribution in [0.4, 0.5) is 0 Å². The van der Waals surface area contributed by atoms with Gasteiger partial charge in [0.05, 0.1) is 13.0 Å². The Hall–Kier alpha value is -1.74. The van der Waals surface area contributed by atoms with Crippen LogP contribution in [-0.2, 0) is 9.53 Å². The molecular weight excluding hydrogens is 206 g/mol. The lowest BCUT2D eigenvalue weighted by Crippen LogP contribution is -2.10. The molecule has 0 aromatic carbocycles. The zero-order chi connectivity index (χ0) is 11.4. The smallest absolute Gasteiger partial charge is 0.305 e. The van der Waals surface area contributed by atoms with E-state index in [0.29, 0.717) is 12.5 Å². The fourth-order valence-electron chi connectivity index (χ4n) is 1.97. The van der Waals surface area contributed by atoms with E-state index in [1.54, 1.807) is 0 Å². The Morgan fingerprint density at radius 2 is 2.31 bits per heavy atom. The molecule has 0 amide bonds. The molecule has 2 aliphatic rings. The number of ether oxygens (including phenoxy) is 1. The van der Waals surface area contributed by atoms with Gasteiger partial charge < -0.3 is 4.74 Å². The first-order chi connectivity index (χ1) is 7.77. The van der Waals surface area contributed by atoms with Crippen LogP contribution >= 0.6 is 0 Å². The highest BCUT2D eigenvalue weighted by Crippen LogP contribution is 2.56. The molecule has 0 radical (unpaired) electrons. The van der Waals surface area contributed by atoms with Crippen molar-refractivity contribution in [1.29, 1.82) is 0 Å². The molecule has 0 bridgehead atoms. The van der Waals surface area contributed by atoms with E-state index in [1.165, 1.54) is 0 Å². The van der Waals surface area contributed by atoms with E-state index in [1.807, 2.05) is 12.2 Å². The minimum atomic E-state index is -0.291. The highest BCUT2D eigenvalue weighted by atomic mass is 16.5. The Balaban J connectivity index is 1.66. The van der Waals surface area contributed by atoms with Crippen LogP contribution in [0.5, 0.6) is 0 Å². The molecule has 1 spiro atoms. The van der Waals surface area contributed by atoms with Gasteiger partial charge in [-0.05, 0) is 12.0 Å². The van der Waals surface area contributed by atoms with Gasteiger partial charge in [-0.2, -0.15) is 0 Å². The van der Waals surface area contributed by atoms with Crippen LogP contribution in [0.15, 0.2) is 29.4 Å². The van der Waals surface area contributed by atoms with Crippen molar-refractivity contribution >= 4 is 5.97 Å². The van der Waals surface area contributed by atoms with Crippen molar-refractivity contribution in [2.45, 2.75) is 12.8 Å². The number of hydrogen-bond donors (Lipinski definition) is 0. The van der Waals surface area contributed by atoms with E-state index in [9.17, 15) is 4.79 Å². The number of azide groups is 1. The van der Waals surface area contributed by atoms with Crippen LogP contribution in [0, 0.1) is 11.3 Å². The largest absolute Gasteiger partial charge is 0.465 e. The molecule has 1 fully saturated rings. The molecule has 2 aliphatic carbocycles. The van der Waals surface area contributed by atoms with Gasteiger partial charge in [0.15, 0.2) is 0 Å². The zero-order valence-electron chi connectivity index (χ0n) is 8.87. The lowest BCUT2D eigenvalue weighted by atomic mass is 10.1. The Bertz CT molecular complexity index is 382. The predicted molar refractivity (Wildman–Crippen MR) is 58.4 cm³/mol. The molecule has 1 atom stereocenters. The van der Waals surface area contributed by atoms with Crippen molar-refractivity contribution in [3.63, 3.8) is 0 Å². The number of hydrogen-bond acceptors (Lipinski definition) is 3. The molecule has 5 heteroatoms. The number of allylic oxidation sites excluding steroid dienone is 4. The molecule has 0 aromatic rings. The quantitative estimate of drug-likeness (QED) is 0.308. The molecule has 84 valence electrons. The molecule has 2 rings (SSSR count). The maximum atomic E-state index is 11.2. The second-order valence-electron chi connectivity index (χ2n) is 4.12. The second-order valence-corrected chi connectivity index (χ2v) is 4.12. The molecule has 1 saturated carbocycles. The lowest BCUT2D eigenvalue weighted by Gasteiger charge is -2.05. The van der Waals surface area contributed by atoms with E-state index >= 15 is 0 Å². The summed E-state index contributed by atoms with van der Waals surface area (Å²) in [6.07, 6.45) is 9.60. The summed E-state index contributed by atoms with van der Waals surface area (Å²) >= 11 is 0. The van der Waals surface area contributed by atoms with Gasteiger partial charge in [0.2, 0.25) is 0 Å². The van der Waals surface area contributed by atoms with E-state index in [2.05, 4.69) is 22.2 Å². The van der Waals surface area contributed by atoms with Crippen molar-refractivity contribution in [1.82, 2.24) is 0 Å². The van der Waals surface area contributed by atoms with Crippen molar-refractivity contribution in [3.05, 3.63) is 34.7 Å². The van der Waals surface area contributed by atoms with Gasteiger partial charge in [-0.25, -0.2) is 0 Å². The lowest BCUT2D eigenvalue weighted by molar-refractivity contribution is -0.144. The average molecular weight is 219 g/mol. The SMILES string of the molecule is [N-]=[N+]=NCCC(=O)OCC1CC12C=CC=C2. The standard InChI is InChI=1S/C11H13N3O2/c12-14-13-6-3-10(15)16-8-9-7-11(9)4-1-2-5-11/h1-2,4-5,9H,3,6-8H2. The summed E-state index contributed by atoms with van der Waals surface area (Å²) in [7, 11) is 0. The number of nitrogens with zero attached hydrogens (tertiary/aromatic N) is 3. The van der Waals surface area contributed by atoms with Crippen LogP contribution in [-0.4, -0.2) is 19.1 Å². The van der Waals surface area contributed by atoms with Crippen molar-refractivity contribution in [3.8, 4) is 0 Å². The van der Waals surface area contributed by atoms with Crippen molar-refractivity contribution in [2.75, 3.05) is 13.2 Å². The first kappa shape index (κ1) is 10.8. The topological polar surface area (TPSA) is 75.1 Å². The van der Waals surface area contributed by atoms with Gasteiger partial charge in [-0.3, -0.25) is 4.79 Å². The number of carbonyl (C=O) groups is 1. The zero-order valence-corrected chi connectivity index (χ0v) is 8.87. The Labute approximate surface area is 93.4 Å². The molecule has 5 nitrogen and oxygen atoms in total. The van der Waals surface area contributed by atoms with Gasteiger partial charge in [0.1, 0.15) is 0 Å². The summed E-state index contributed by atoms with van der Waals surface area (Å²) in [4.78, 5) is 13.8. The van der Waals surface area contributed by atoms with Crippen LogP contribution < -0.4 is 0 Å². The first-order valence-electron chi connectivity index (χ1n) is 5.30. The summed E-state index contributed by atoms with van der Waals surface area (Å²) < 4.78 is 5.11. The summed E-state index contributed by atoms with van der Waals surface area (Å²) in [5.41, 5.74) is 8.21. The third-order valence-electron chi connectivity index (χ3n) is 3.05. The average Bonchev–Trinajstić information content (AvgIpc) is 2.70. The fraction of sp³-hybridized carbons (Fsp3) is 0.545. The summed E-state index contributed by atoms with van der Waals surface area (Å²) in [6, 6.07) is 0. The van der Waals surface area contributed by atoms with Gasteiger partial charge in [-0.1, -0.05) is 29.4 Å². The molecule has 0 saturated heterocycles. The Kier molecular flexibility index (Phi) is 2.97. The maximum Gasteiger partial charge on any atom is 0.305 e. The van der Waals surface area contributed by atoms with Gasteiger partial charge >= 0.3 is 5.97 Å². The number of carbonyl (C=O) groups excluding carboxylic acids is 1. The third kappa shape index (κ3) is 2.25. The maximum absolute atomic E-state index is 11.2. The predicted octanol–water partition coefficient (Wildman–Crippen LogP) is 2.36. The first-order valence-corrected chi connectivity index (χ1v) is 5.30. The highest BCUT2D eigenvalue weighted by Gasteiger charge is 2.51.